The third-order valence-electron chi connectivity index (χ3n) is 1.61. The van der Waals surface area contributed by atoms with Crippen molar-refractivity contribution in [2.75, 3.05) is 0 Å². The molecule has 0 aromatic carbocycles. The predicted molar refractivity (Wildman–Crippen MR) is 46.0 cm³/mol. The van der Waals surface area contributed by atoms with Crippen LogP contribution in [-0.2, 0) is 4.79 Å². The van der Waals surface area contributed by atoms with Crippen LogP contribution in [0.5, 0.6) is 0 Å². The van der Waals surface area contributed by atoms with Crippen LogP contribution in [0.2, 0.25) is 0 Å². The van der Waals surface area contributed by atoms with Crippen molar-refractivity contribution in [1.82, 2.24) is 0 Å². The van der Waals surface area contributed by atoms with Gasteiger partial charge in [0.05, 0.1) is 17.9 Å². The fourth-order valence-corrected chi connectivity index (χ4v) is 1.37. The van der Waals surface area contributed by atoms with Gasteiger partial charge in [-0.15, -0.1) is 23.2 Å². The van der Waals surface area contributed by atoms with Gasteiger partial charge in [-0.2, -0.15) is 5.26 Å². The number of carboxylic acid groups (broad SMARTS) is 1. The second-order valence-corrected chi connectivity index (χ2v) is 3.51. The van der Waals surface area contributed by atoms with Crippen molar-refractivity contribution >= 4 is 29.2 Å². The van der Waals surface area contributed by atoms with E-state index < -0.39 is 22.6 Å². The number of carbonyl (C=O) groups is 1. The van der Waals surface area contributed by atoms with E-state index in [2.05, 4.69) is 0 Å². The molecule has 0 aromatic heterocycles. The minimum Gasteiger partial charge on any atom is -0.481 e. The van der Waals surface area contributed by atoms with Crippen LogP contribution in [-0.4, -0.2) is 15.9 Å². The summed E-state index contributed by atoms with van der Waals surface area (Å²) in [7, 11) is 0. The normalized spacial score (nSPS) is 15.2. The Kier molecular flexibility index (Phi) is 5.03. The van der Waals surface area contributed by atoms with E-state index in [9.17, 15) is 4.79 Å². The Hall–Kier alpha value is -0.460. The van der Waals surface area contributed by atoms with Crippen molar-refractivity contribution in [1.29, 1.82) is 5.26 Å². The summed E-state index contributed by atoms with van der Waals surface area (Å²) in [5.41, 5.74) is 0. The molecule has 0 rings (SSSR count). The van der Waals surface area contributed by atoms with E-state index in [4.69, 9.17) is 33.6 Å². The van der Waals surface area contributed by atoms with Crippen LogP contribution in [0.25, 0.3) is 0 Å². The molecule has 0 aliphatic rings. The maximum atomic E-state index is 10.6. The molecule has 3 nitrogen and oxygen atoms in total. The molecule has 0 radical (unpaired) electrons. The van der Waals surface area contributed by atoms with Crippen LogP contribution < -0.4 is 0 Å². The van der Waals surface area contributed by atoms with E-state index in [1.54, 1.807) is 13.0 Å². The monoisotopic (exact) mass is 209 g/mol. The van der Waals surface area contributed by atoms with E-state index in [1.165, 1.54) is 0 Å². The molecule has 0 aliphatic heterocycles. The molecule has 1 N–H and O–H groups in total. The summed E-state index contributed by atoms with van der Waals surface area (Å²) in [6.07, 6.45) is 0.351. The first-order valence-corrected chi connectivity index (χ1v) is 4.32. The highest BCUT2D eigenvalue weighted by Crippen LogP contribution is 2.25. The van der Waals surface area contributed by atoms with Gasteiger partial charge in [-0.05, 0) is 6.42 Å². The zero-order valence-electron chi connectivity index (χ0n) is 6.50. The number of rotatable bonds is 4. The number of nitriles is 1. The molecule has 0 saturated carbocycles. The van der Waals surface area contributed by atoms with Crippen molar-refractivity contribution in [2.24, 2.45) is 11.8 Å². The lowest BCUT2D eigenvalue weighted by Gasteiger charge is -2.16. The van der Waals surface area contributed by atoms with Gasteiger partial charge in [-0.1, -0.05) is 6.92 Å². The number of alkyl halides is 2. The smallest absolute Gasteiger partial charge is 0.307 e. The minimum atomic E-state index is -1.03. The Morgan fingerprint density at radius 3 is 2.25 bits per heavy atom. The van der Waals surface area contributed by atoms with Crippen LogP contribution in [0.3, 0.4) is 0 Å². The van der Waals surface area contributed by atoms with Gasteiger partial charge in [0.2, 0.25) is 0 Å². The molecule has 0 amide bonds. The van der Waals surface area contributed by atoms with Crippen molar-refractivity contribution in [3.8, 4) is 6.07 Å². The summed E-state index contributed by atoms with van der Waals surface area (Å²) in [6, 6.07) is 1.79. The second-order valence-electron chi connectivity index (χ2n) is 2.34. The highest BCUT2D eigenvalue weighted by Gasteiger charge is 2.31. The standard InChI is InChI=1S/C7H9Cl2NO2/c1-2-4(7(11)12)5(3-10)6(8)9/h4-6H,2H2,1H3,(H,11,12). The summed E-state index contributed by atoms with van der Waals surface area (Å²) >= 11 is 10.9. The van der Waals surface area contributed by atoms with E-state index in [-0.39, 0.29) is 0 Å². The van der Waals surface area contributed by atoms with Crippen LogP contribution >= 0.6 is 23.2 Å². The molecule has 68 valence electrons. The Morgan fingerprint density at radius 1 is 1.67 bits per heavy atom. The first-order chi connectivity index (χ1) is 5.54. The van der Waals surface area contributed by atoms with Gasteiger partial charge in [-0.3, -0.25) is 4.79 Å². The lowest BCUT2D eigenvalue weighted by atomic mass is 9.93. The first kappa shape index (κ1) is 11.5. The van der Waals surface area contributed by atoms with Gasteiger partial charge in [-0.25, -0.2) is 0 Å². The minimum absolute atomic E-state index is 0.351. The number of hydrogen-bond donors (Lipinski definition) is 1. The Morgan fingerprint density at radius 2 is 2.17 bits per heavy atom. The molecule has 0 heterocycles. The molecular weight excluding hydrogens is 201 g/mol. The summed E-state index contributed by atoms with van der Waals surface area (Å²) in [4.78, 5) is 9.62. The molecule has 2 atom stereocenters. The number of nitrogens with zero attached hydrogens (tertiary/aromatic N) is 1. The Balaban J connectivity index is 4.47. The van der Waals surface area contributed by atoms with Crippen LogP contribution in [0.1, 0.15) is 13.3 Å². The zero-order valence-corrected chi connectivity index (χ0v) is 8.01. The van der Waals surface area contributed by atoms with E-state index in [1.807, 2.05) is 0 Å². The van der Waals surface area contributed by atoms with Crippen LogP contribution in [0, 0.1) is 23.2 Å². The number of halogens is 2. The third-order valence-corrected chi connectivity index (χ3v) is 2.15. The number of carboxylic acids is 1. The molecular formula is C7H9Cl2NO2. The van der Waals surface area contributed by atoms with Crippen molar-refractivity contribution in [3.63, 3.8) is 0 Å². The highest BCUT2D eigenvalue weighted by molar-refractivity contribution is 6.44. The Labute approximate surface area is 80.9 Å². The first-order valence-electron chi connectivity index (χ1n) is 3.45. The molecule has 0 aromatic rings. The van der Waals surface area contributed by atoms with Crippen molar-refractivity contribution in [3.05, 3.63) is 0 Å². The van der Waals surface area contributed by atoms with E-state index in [0.29, 0.717) is 6.42 Å². The van der Waals surface area contributed by atoms with Crippen LogP contribution in [0.4, 0.5) is 0 Å². The van der Waals surface area contributed by atoms with Gasteiger partial charge >= 0.3 is 5.97 Å². The summed E-state index contributed by atoms with van der Waals surface area (Å²) in [5, 5.41) is 17.2. The lowest BCUT2D eigenvalue weighted by molar-refractivity contribution is -0.142. The predicted octanol–water partition coefficient (Wildman–Crippen LogP) is 2.04. The van der Waals surface area contributed by atoms with Gasteiger partial charge in [0.25, 0.3) is 0 Å². The molecule has 0 saturated heterocycles. The van der Waals surface area contributed by atoms with Gasteiger partial charge < -0.3 is 5.11 Å². The summed E-state index contributed by atoms with van der Waals surface area (Å²) in [5.74, 6) is -2.65. The average molecular weight is 210 g/mol. The molecule has 0 fully saturated rings. The average Bonchev–Trinajstić information content (AvgIpc) is 1.98. The topological polar surface area (TPSA) is 61.1 Å². The highest BCUT2D eigenvalue weighted by atomic mass is 35.5. The van der Waals surface area contributed by atoms with Crippen LogP contribution in [0.15, 0.2) is 0 Å². The zero-order chi connectivity index (χ0) is 9.72. The quantitative estimate of drug-likeness (QED) is 0.722. The number of aliphatic carboxylic acids is 1. The van der Waals surface area contributed by atoms with Gasteiger partial charge in [0, 0.05) is 0 Å². The summed E-state index contributed by atoms with van der Waals surface area (Å²) in [6.45, 7) is 1.68. The fourth-order valence-electron chi connectivity index (χ4n) is 0.904. The van der Waals surface area contributed by atoms with E-state index >= 15 is 0 Å². The Bertz CT molecular complexity index is 200. The maximum absolute atomic E-state index is 10.6. The summed E-state index contributed by atoms with van der Waals surface area (Å²) < 4.78 is 0. The van der Waals surface area contributed by atoms with Crippen molar-refractivity contribution < 1.29 is 9.90 Å². The largest absolute Gasteiger partial charge is 0.481 e. The fraction of sp³-hybridized carbons (Fsp3) is 0.714. The maximum Gasteiger partial charge on any atom is 0.307 e. The van der Waals surface area contributed by atoms with Gasteiger partial charge in [0.1, 0.15) is 4.84 Å². The molecule has 0 spiro atoms. The molecule has 0 bridgehead atoms. The molecule has 2 unspecified atom stereocenters. The molecule has 0 aliphatic carbocycles. The molecule has 12 heavy (non-hydrogen) atoms. The lowest BCUT2D eigenvalue weighted by Crippen LogP contribution is -2.26. The van der Waals surface area contributed by atoms with Gasteiger partial charge in [0.15, 0.2) is 0 Å². The van der Waals surface area contributed by atoms with E-state index in [0.717, 1.165) is 0 Å². The SMILES string of the molecule is CCC(C(=O)O)C(C#N)C(Cl)Cl. The second kappa shape index (κ2) is 5.23. The molecule has 5 heteroatoms. The van der Waals surface area contributed by atoms with Crippen molar-refractivity contribution in [2.45, 2.75) is 18.2 Å². The third kappa shape index (κ3) is 2.88. The number of hydrogen-bond acceptors (Lipinski definition) is 2.